The van der Waals surface area contributed by atoms with E-state index in [-0.39, 0.29) is 30.3 Å². The Morgan fingerprint density at radius 3 is 2.19 bits per heavy atom. The minimum atomic E-state index is -0.710. The molecule has 0 bridgehead atoms. The van der Waals surface area contributed by atoms with Crippen molar-refractivity contribution in [3.8, 4) is 0 Å². The zero-order valence-electron chi connectivity index (χ0n) is 13.5. The third kappa shape index (κ3) is 6.66. The highest BCUT2D eigenvalue weighted by molar-refractivity contribution is 5.85. The molecule has 1 atom stereocenters. The van der Waals surface area contributed by atoms with Crippen molar-refractivity contribution < 1.29 is 14.7 Å². The summed E-state index contributed by atoms with van der Waals surface area (Å²) in [5.41, 5.74) is 0. The standard InChI is InChI=1S/C15H28N2O3.ClH/c1-11(2)9-12(3)16(4)14(18)10-17-7-5-13(6-8-17)15(19)20;/h11-13H,5-10H2,1-4H3,(H,19,20);1H. The van der Waals surface area contributed by atoms with Crippen molar-refractivity contribution in [2.24, 2.45) is 11.8 Å². The topological polar surface area (TPSA) is 60.9 Å². The Kier molecular flexibility index (Phi) is 8.90. The van der Waals surface area contributed by atoms with Gasteiger partial charge in [-0.2, -0.15) is 0 Å². The van der Waals surface area contributed by atoms with E-state index in [0.29, 0.717) is 38.4 Å². The van der Waals surface area contributed by atoms with Gasteiger partial charge in [0.05, 0.1) is 12.5 Å². The summed E-state index contributed by atoms with van der Waals surface area (Å²) >= 11 is 0. The van der Waals surface area contributed by atoms with E-state index >= 15 is 0 Å². The van der Waals surface area contributed by atoms with Gasteiger partial charge in [0, 0.05) is 13.1 Å². The fourth-order valence-corrected chi connectivity index (χ4v) is 2.73. The number of carboxylic acids is 1. The number of likely N-dealkylation sites (tertiary alicyclic amines) is 1. The predicted molar refractivity (Wildman–Crippen MR) is 85.7 cm³/mol. The molecule has 0 spiro atoms. The molecule has 0 radical (unpaired) electrons. The molecule has 1 rings (SSSR count). The van der Waals surface area contributed by atoms with Gasteiger partial charge in [-0.25, -0.2) is 0 Å². The van der Waals surface area contributed by atoms with E-state index in [2.05, 4.69) is 25.7 Å². The van der Waals surface area contributed by atoms with Crippen molar-refractivity contribution in [3.63, 3.8) is 0 Å². The second kappa shape index (κ2) is 9.26. The summed E-state index contributed by atoms with van der Waals surface area (Å²) in [5, 5.41) is 8.96. The van der Waals surface area contributed by atoms with Crippen molar-refractivity contribution in [3.05, 3.63) is 0 Å². The minimum absolute atomic E-state index is 0. The average molecular weight is 321 g/mol. The summed E-state index contributed by atoms with van der Waals surface area (Å²) in [4.78, 5) is 27.0. The summed E-state index contributed by atoms with van der Waals surface area (Å²) < 4.78 is 0. The monoisotopic (exact) mass is 320 g/mol. The molecule has 5 nitrogen and oxygen atoms in total. The van der Waals surface area contributed by atoms with Crippen molar-refractivity contribution in [2.75, 3.05) is 26.7 Å². The Hall–Kier alpha value is -0.810. The Morgan fingerprint density at radius 1 is 1.24 bits per heavy atom. The highest BCUT2D eigenvalue weighted by Crippen LogP contribution is 2.17. The SMILES string of the molecule is CC(C)CC(C)N(C)C(=O)CN1CCC(C(=O)O)CC1.Cl. The normalized spacial score (nSPS) is 18.1. The first-order valence-corrected chi connectivity index (χ1v) is 7.52. The summed E-state index contributed by atoms with van der Waals surface area (Å²) in [6.07, 6.45) is 2.30. The number of aliphatic carboxylic acids is 1. The predicted octanol–water partition coefficient (Wildman–Crippen LogP) is 2.10. The molecule has 21 heavy (non-hydrogen) atoms. The average Bonchev–Trinajstić information content (AvgIpc) is 2.37. The van der Waals surface area contributed by atoms with Crippen molar-refractivity contribution >= 4 is 24.3 Å². The van der Waals surface area contributed by atoms with Gasteiger partial charge in [-0.1, -0.05) is 13.8 Å². The second-order valence-corrected chi connectivity index (χ2v) is 6.37. The number of amides is 1. The van der Waals surface area contributed by atoms with Crippen LogP contribution < -0.4 is 0 Å². The lowest BCUT2D eigenvalue weighted by Gasteiger charge is -2.32. The molecule has 1 amide bonds. The molecular weight excluding hydrogens is 292 g/mol. The van der Waals surface area contributed by atoms with Gasteiger partial charge >= 0.3 is 5.97 Å². The van der Waals surface area contributed by atoms with Crippen LogP contribution in [0.2, 0.25) is 0 Å². The van der Waals surface area contributed by atoms with Crippen LogP contribution in [0.15, 0.2) is 0 Å². The Labute approximate surface area is 134 Å². The van der Waals surface area contributed by atoms with E-state index in [1.54, 1.807) is 0 Å². The maximum atomic E-state index is 12.2. The minimum Gasteiger partial charge on any atom is -0.481 e. The molecule has 1 aliphatic heterocycles. The number of carbonyl (C=O) groups excluding carboxylic acids is 1. The van der Waals surface area contributed by atoms with E-state index in [1.807, 2.05) is 11.9 Å². The first-order valence-electron chi connectivity index (χ1n) is 7.52. The molecule has 1 saturated heterocycles. The van der Waals surface area contributed by atoms with E-state index in [9.17, 15) is 9.59 Å². The Bertz CT molecular complexity index is 342. The van der Waals surface area contributed by atoms with Crippen molar-refractivity contribution in [1.29, 1.82) is 0 Å². The molecule has 6 heteroatoms. The number of hydrogen-bond donors (Lipinski definition) is 1. The quantitative estimate of drug-likeness (QED) is 0.814. The molecule has 0 aliphatic carbocycles. The third-order valence-electron chi connectivity index (χ3n) is 4.16. The van der Waals surface area contributed by atoms with Gasteiger partial charge in [-0.05, 0) is 45.2 Å². The maximum Gasteiger partial charge on any atom is 0.306 e. The van der Waals surface area contributed by atoms with Gasteiger partial charge in [-0.15, -0.1) is 12.4 Å². The fourth-order valence-electron chi connectivity index (χ4n) is 2.73. The molecule has 1 N–H and O–H groups in total. The van der Waals surface area contributed by atoms with Gasteiger partial charge in [0.15, 0.2) is 0 Å². The number of nitrogens with zero attached hydrogens (tertiary/aromatic N) is 2. The zero-order chi connectivity index (χ0) is 15.3. The van der Waals surface area contributed by atoms with Crippen molar-refractivity contribution in [1.82, 2.24) is 9.80 Å². The second-order valence-electron chi connectivity index (χ2n) is 6.37. The van der Waals surface area contributed by atoms with Gasteiger partial charge in [0.2, 0.25) is 5.91 Å². The lowest BCUT2D eigenvalue weighted by Crippen LogP contribution is -2.45. The van der Waals surface area contributed by atoms with Crippen LogP contribution in [-0.4, -0.2) is 59.5 Å². The van der Waals surface area contributed by atoms with Crippen LogP contribution >= 0.6 is 12.4 Å². The van der Waals surface area contributed by atoms with Crippen LogP contribution in [0, 0.1) is 11.8 Å². The fraction of sp³-hybridized carbons (Fsp3) is 0.867. The lowest BCUT2D eigenvalue weighted by atomic mass is 9.97. The van der Waals surface area contributed by atoms with Crippen molar-refractivity contribution in [2.45, 2.75) is 46.1 Å². The molecule has 0 aromatic carbocycles. The zero-order valence-corrected chi connectivity index (χ0v) is 14.4. The van der Waals surface area contributed by atoms with E-state index in [4.69, 9.17) is 5.11 Å². The van der Waals surface area contributed by atoms with Gasteiger partial charge in [0.25, 0.3) is 0 Å². The smallest absolute Gasteiger partial charge is 0.306 e. The summed E-state index contributed by atoms with van der Waals surface area (Å²) in [6, 6.07) is 0.249. The van der Waals surface area contributed by atoms with Gasteiger partial charge in [0.1, 0.15) is 0 Å². The first kappa shape index (κ1) is 20.2. The van der Waals surface area contributed by atoms with Crippen LogP contribution in [0.1, 0.15) is 40.0 Å². The first-order chi connectivity index (χ1) is 9.31. The number of piperidine rings is 1. The highest BCUT2D eigenvalue weighted by atomic mass is 35.5. The number of halogens is 1. The van der Waals surface area contributed by atoms with E-state index in [1.165, 1.54) is 0 Å². The molecule has 1 aliphatic rings. The summed E-state index contributed by atoms with van der Waals surface area (Å²) in [5.74, 6) is -0.240. The number of hydrogen-bond acceptors (Lipinski definition) is 3. The van der Waals surface area contributed by atoms with Gasteiger partial charge < -0.3 is 10.0 Å². The molecular formula is C15H29ClN2O3. The molecule has 124 valence electrons. The number of carboxylic acid groups (broad SMARTS) is 1. The molecule has 1 heterocycles. The molecule has 0 saturated carbocycles. The lowest BCUT2D eigenvalue weighted by molar-refractivity contribution is -0.143. The van der Waals surface area contributed by atoms with Crippen LogP contribution in [0.3, 0.4) is 0 Å². The Morgan fingerprint density at radius 2 is 1.76 bits per heavy atom. The molecule has 0 aromatic rings. The van der Waals surface area contributed by atoms with Crippen LogP contribution in [0.25, 0.3) is 0 Å². The number of likely N-dealkylation sites (N-methyl/N-ethyl adjacent to an activating group) is 1. The van der Waals surface area contributed by atoms with E-state index < -0.39 is 5.97 Å². The largest absolute Gasteiger partial charge is 0.481 e. The summed E-state index contributed by atoms with van der Waals surface area (Å²) in [7, 11) is 1.86. The van der Waals surface area contributed by atoms with Crippen LogP contribution in [0.4, 0.5) is 0 Å². The van der Waals surface area contributed by atoms with E-state index in [0.717, 1.165) is 6.42 Å². The number of carbonyl (C=O) groups is 2. The third-order valence-corrected chi connectivity index (χ3v) is 4.16. The van der Waals surface area contributed by atoms with Crippen LogP contribution in [-0.2, 0) is 9.59 Å². The Balaban J connectivity index is 0.00000400. The summed E-state index contributed by atoms with van der Waals surface area (Å²) in [6.45, 7) is 8.21. The molecule has 1 unspecified atom stereocenters. The highest BCUT2D eigenvalue weighted by Gasteiger charge is 2.26. The molecule has 0 aromatic heterocycles. The van der Waals surface area contributed by atoms with Gasteiger partial charge in [-0.3, -0.25) is 14.5 Å². The maximum absolute atomic E-state index is 12.2. The number of rotatable bonds is 6. The molecule has 1 fully saturated rings. The van der Waals surface area contributed by atoms with Crippen LogP contribution in [0.5, 0.6) is 0 Å².